The van der Waals surface area contributed by atoms with E-state index >= 15 is 0 Å². The van der Waals surface area contributed by atoms with Crippen LogP contribution in [-0.2, 0) is 10.0 Å². The second kappa shape index (κ2) is 6.61. The van der Waals surface area contributed by atoms with Gasteiger partial charge in [-0.2, -0.15) is 4.31 Å². The highest BCUT2D eigenvalue weighted by molar-refractivity contribution is 7.89. The molecule has 0 aliphatic rings. The van der Waals surface area contributed by atoms with Crippen LogP contribution < -0.4 is 5.73 Å². The van der Waals surface area contributed by atoms with Crippen molar-refractivity contribution in [1.82, 2.24) is 4.31 Å². The number of rotatable bonds is 6. The van der Waals surface area contributed by atoms with Crippen molar-refractivity contribution in [3.8, 4) is 0 Å². The molecule has 0 amide bonds. The van der Waals surface area contributed by atoms with E-state index in [4.69, 9.17) is 22.4 Å². The van der Waals surface area contributed by atoms with Crippen LogP contribution in [-0.4, -0.2) is 44.0 Å². The maximum absolute atomic E-state index is 13.1. The molecule has 3 N–H and O–H groups in total. The summed E-state index contributed by atoms with van der Waals surface area (Å²) in [5, 5.41) is 8.28. The number of aliphatic hydroxyl groups is 1. The Hall–Kier alpha value is -1.03. The lowest BCUT2D eigenvalue weighted by molar-refractivity contribution is 0.113. The van der Waals surface area contributed by atoms with Crippen LogP contribution in [0.2, 0.25) is 5.02 Å². The molecule has 0 atom stereocenters. The Morgan fingerprint density at radius 3 is 2.50 bits per heavy atom. The largest absolute Gasteiger partial charge is 0.396 e. The molecule has 1 aromatic rings. The number of hydrogen-bond donors (Lipinski definition) is 2. The molecule has 20 heavy (non-hydrogen) atoms. The van der Waals surface area contributed by atoms with E-state index < -0.39 is 57.6 Å². The van der Waals surface area contributed by atoms with E-state index in [1.54, 1.807) is 0 Å². The molecule has 0 aromatic heterocycles. The summed E-state index contributed by atoms with van der Waals surface area (Å²) in [6, 6.07) is 1.44. The Bertz CT molecular complexity index is 583. The Labute approximate surface area is 118 Å². The molecule has 0 heterocycles. The molecule has 0 aliphatic heterocycles. The van der Waals surface area contributed by atoms with Crippen LogP contribution in [0.25, 0.3) is 0 Å². The van der Waals surface area contributed by atoms with Crippen LogP contribution in [0.5, 0.6) is 0 Å². The normalized spacial score (nSPS) is 12.3. The summed E-state index contributed by atoms with van der Waals surface area (Å²) in [6.07, 6.45) is -2.94. The van der Waals surface area contributed by atoms with Gasteiger partial charge in [0.15, 0.2) is 0 Å². The zero-order valence-electron chi connectivity index (χ0n) is 10.1. The highest BCUT2D eigenvalue weighted by Crippen LogP contribution is 2.29. The topological polar surface area (TPSA) is 83.6 Å². The first kappa shape index (κ1) is 17.0. The van der Waals surface area contributed by atoms with Gasteiger partial charge >= 0.3 is 0 Å². The lowest BCUT2D eigenvalue weighted by Gasteiger charge is -2.21. The van der Waals surface area contributed by atoms with Crippen molar-refractivity contribution in [3.05, 3.63) is 23.0 Å². The average Bonchev–Trinajstić information content (AvgIpc) is 2.32. The fraction of sp³-hybridized carbons (Fsp3) is 0.400. The van der Waals surface area contributed by atoms with E-state index in [0.717, 1.165) is 6.07 Å². The third kappa shape index (κ3) is 3.75. The molecule has 0 unspecified atom stereocenters. The number of nitrogen functional groups attached to an aromatic ring is 1. The molecule has 1 aromatic carbocycles. The van der Waals surface area contributed by atoms with E-state index in [-0.39, 0.29) is 0 Å². The Morgan fingerprint density at radius 1 is 1.40 bits per heavy atom. The number of hydrogen-bond acceptors (Lipinski definition) is 4. The number of nitrogens with zero attached hydrogens (tertiary/aromatic N) is 1. The summed E-state index contributed by atoms with van der Waals surface area (Å²) in [5.74, 6) is -0.920. The second-order valence-electron chi connectivity index (χ2n) is 3.78. The van der Waals surface area contributed by atoms with Crippen molar-refractivity contribution in [2.45, 2.75) is 11.3 Å². The Morgan fingerprint density at radius 2 is 2.00 bits per heavy atom. The van der Waals surface area contributed by atoms with Crippen molar-refractivity contribution in [1.29, 1.82) is 0 Å². The predicted octanol–water partition coefficient (Wildman–Crippen LogP) is 1.31. The summed E-state index contributed by atoms with van der Waals surface area (Å²) < 4.78 is 62.6. The molecule has 5 nitrogen and oxygen atoms in total. The summed E-state index contributed by atoms with van der Waals surface area (Å²) in [6.45, 7) is -2.31. The minimum atomic E-state index is -4.41. The van der Waals surface area contributed by atoms with Crippen LogP contribution in [0.3, 0.4) is 0 Å². The molecule has 0 radical (unpaired) electrons. The molecule has 0 aliphatic carbocycles. The fourth-order valence-corrected chi connectivity index (χ4v) is 3.39. The maximum atomic E-state index is 13.1. The standard InChI is InChI=1S/C10H12ClF3N2O3S/c11-6-3-7(12)8(15)4-9(6)20(18,19)16(1-2-17)5-10(13)14/h3-4,10,17H,1-2,5,15H2. The molecule has 0 bridgehead atoms. The van der Waals surface area contributed by atoms with Gasteiger partial charge in [0.25, 0.3) is 6.43 Å². The van der Waals surface area contributed by atoms with Crippen LogP contribution in [0.1, 0.15) is 0 Å². The second-order valence-corrected chi connectivity index (χ2v) is 6.10. The maximum Gasteiger partial charge on any atom is 0.252 e. The van der Waals surface area contributed by atoms with Crippen LogP contribution in [0.15, 0.2) is 17.0 Å². The monoisotopic (exact) mass is 332 g/mol. The quantitative estimate of drug-likeness (QED) is 0.769. The molecule has 0 fully saturated rings. The molecular weight excluding hydrogens is 321 g/mol. The summed E-state index contributed by atoms with van der Waals surface area (Å²) in [5.41, 5.74) is 4.77. The van der Waals surface area contributed by atoms with Gasteiger partial charge in [0.2, 0.25) is 10.0 Å². The number of halogens is 4. The number of alkyl halides is 2. The smallest absolute Gasteiger partial charge is 0.252 e. The Kier molecular flexibility index (Phi) is 5.63. The van der Waals surface area contributed by atoms with Crippen LogP contribution in [0.4, 0.5) is 18.9 Å². The molecule has 0 saturated heterocycles. The Balaban J connectivity index is 3.29. The molecule has 1 rings (SSSR count). The highest BCUT2D eigenvalue weighted by atomic mass is 35.5. The lowest BCUT2D eigenvalue weighted by Crippen LogP contribution is -2.37. The molecule has 0 saturated carbocycles. The van der Waals surface area contributed by atoms with Crippen molar-refractivity contribution >= 4 is 27.3 Å². The number of nitrogens with two attached hydrogens (primary N) is 1. The predicted molar refractivity (Wildman–Crippen MR) is 67.7 cm³/mol. The van der Waals surface area contributed by atoms with Gasteiger partial charge < -0.3 is 10.8 Å². The SMILES string of the molecule is Nc1cc(S(=O)(=O)N(CCO)CC(F)F)c(Cl)cc1F. The number of aliphatic hydroxyl groups excluding tert-OH is 1. The number of sulfonamides is 1. The minimum absolute atomic E-state index is 0.357. The van der Waals surface area contributed by atoms with Gasteiger partial charge in [0.05, 0.1) is 23.9 Å². The van der Waals surface area contributed by atoms with E-state index in [0.29, 0.717) is 10.4 Å². The molecular formula is C10H12ClF3N2O3S. The first-order valence-corrected chi connectivity index (χ1v) is 7.15. The number of anilines is 1. The minimum Gasteiger partial charge on any atom is -0.396 e. The summed E-state index contributed by atoms with van der Waals surface area (Å²) >= 11 is 5.62. The van der Waals surface area contributed by atoms with Gasteiger partial charge in [-0.15, -0.1) is 0 Å². The van der Waals surface area contributed by atoms with Gasteiger partial charge in [-0.3, -0.25) is 0 Å². The van der Waals surface area contributed by atoms with Gasteiger partial charge in [-0.05, 0) is 12.1 Å². The van der Waals surface area contributed by atoms with Crippen molar-refractivity contribution in [2.24, 2.45) is 0 Å². The average molecular weight is 333 g/mol. The van der Waals surface area contributed by atoms with E-state index in [9.17, 15) is 21.6 Å². The van der Waals surface area contributed by atoms with Crippen LogP contribution >= 0.6 is 11.6 Å². The van der Waals surface area contributed by atoms with Gasteiger partial charge in [-0.25, -0.2) is 21.6 Å². The van der Waals surface area contributed by atoms with Gasteiger partial charge in [0.1, 0.15) is 10.7 Å². The molecule has 0 spiro atoms. The lowest BCUT2D eigenvalue weighted by atomic mass is 10.3. The van der Waals surface area contributed by atoms with Gasteiger partial charge in [-0.1, -0.05) is 11.6 Å². The zero-order valence-corrected chi connectivity index (χ0v) is 11.6. The van der Waals surface area contributed by atoms with Crippen LogP contribution in [0, 0.1) is 5.82 Å². The molecule has 10 heteroatoms. The van der Waals surface area contributed by atoms with Crippen molar-refractivity contribution in [3.63, 3.8) is 0 Å². The van der Waals surface area contributed by atoms with E-state index in [1.807, 2.05) is 0 Å². The number of benzene rings is 1. The molecule has 114 valence electrons. The summed E-state index contributed by atoms with van der Waals surface area (Å²) in [4.78, 5) is -0.591. The zero-order chi connectivity index (χ0) is 15.5. The van der Waals surface area contributed by atoms with Gasteiger partial charge in [0, 0.05) is 6.54 Å². The fourth-order valence-electron chi connectivity index (χ4n) is 1.46. The first-order valence-electron chi connectivity index (χ1n) is 5.33. The first-order chi connectivity index (χ1) is 9.20. The van der Waals surface area contributed by atoms with Crippen molar-refractivity contribution in [2.75, 3.05) is 25.4 Å². The van der Waals surface area contributed by atoms with Crippen molar-refractivity contribution < 1.29 is 26.7 Å². The van der Waals surface area contributed by atoms with E-state index in [1.165, 1.54) is 0 Å². The highest BCUT2D eigenvalue weighted by Gasteiger charge is 2.29. The summed E-state index contributed by atoms with van der Waals surface area (Å²) in [7, 11) is -4.41. The third-order valence-electron chi connectivity index (χ3n) is 2.36. The van der Waals surface area contributed by atoms with E-state index in [2.05, 4.69) is 0 Å². The third-order valence-corrected chi connectivity index (χ3v) is 4.69.